The van der Waals surface area contributed by atoms with Gasteiger partial charge in [-0.15, -0.1) is 0 Å². The summed E-state index contributed by atoms with van der Waals surface area (Å²) < 4.78 is 68.4. The first-order valence-electron chi connectivity index (χ1n) is 39.1. The van der Waals surface area contributed by atoms with Crippen molar-refractivity contribution in [2.24, 2.45) is 0 Å². The van der Waals surface area contributed by atoms with Crippen LogP contribution in [-0.4, -0.2) is 96.7 Å². The average molecular weight is 1450 g/mol. The summed E-state index contributed by atoms with van der Waals surface area (Å²) in [6.07, 6.45) is 78.0. The van der Waals surface area contributed by atoms with Gasteiger partial charge in [0.1, 0.15) is 19.3 Å². The molecule has 0 amide bonds. The van der Waals surface area contributed by atoms with Gasteiger partial charge in [-0.1, -0.05) is 278 Å². The van der Waals surface area contributed by atoms with Gasteiger partial charge in [-0.25, -0.2) is 9.13 Å². The number of esters is 4. The van der Waals surface area contributed by atoms with Gasteiger partial charge in [-0.3, -0.25) is 37.3 Å². The number of rotatable bonds is 73. The van der Waals surface area contributed by atoms with Crippen LogP contribution in [0.2, 0.25) is 0 Å². The number of phosphoric ester groups is 2. The fourth-order valence-corrected chi connectivity index (χ4v) is 11.8. The van der Waals surface area contributed by atoms with E-state index < -0.39 is 97.5 Å². The molecule has 0 radical (unpaired) electrons. The molecule has 0 bridgehead atoms. The van der Waals surface area contributed by atoms with E-state index in [0.717, 1.165) is 154 Å². The van der Waals surface area contributed by atoms with Gasteiger partial charge in [0.15, 0.2) is 12.2 Å². The number of hydrogen-bond donors (Lipinski definition) is 3. The van der Waals surface area contributed by atoms with E-state index in [1.54, 1.807) is 0 Å². The second-order valence-electron chi connectivity index (χ2n) is 25.9. The summed E-state index contributed by atoms with van der Waals surface area (Å²) in [6, 6.07) is 0. The zero-order valence-corrected chi connectivity index (χ0v) is 64.6. The van der Waals surface area contributed by atoms with Crippen molar-refractivity contribution < 1.29 is 80.2 Å². The zero-order chi connectivity index (χ0) is 73.2. The van der Waals surface area contributed by atoms with Gasteiger partial charge in [0.25, 0.3) is 0 Å². The molecule has 0 aromatic heterocycles. The van der Waals surface area contributed by atoms with Crippen molar-refractivity contribution in [3.63, 3.8) is 0 Å². The molecule has 5 unspecified atom stereocenters. The standard InChI is InChI=1S/C81H140O17P2/c1-5-9-13-17-21-25-29-32-34-36-37-39-41-44-47-50-54-58-62-66-79(84)92-72-77(98-81(86)68-64-60-56-52-48-42-31-27-23-19-15-11-7-3)74-96-100(89,90)94-70-75(82)69-93-99(87,88)95-73-76(97-80(85)67-63-59-55-51-45-28-24-20-16-12-8-4)71-91-78(83)65-61-57-53-49-46-43-40-38-35-33-30-26-22-18-14-10-6-2/h10,14,21-22,25-27,31-35,37,39-40,43,49,53,75-77,82H,5-9,11-13,15-20,23-24,28-30,36,38,41-42,44-48,50-52,54-74H2,1-4H3,(H,87,88)(H,89,90)/b14-10-,25-21-,26-22-,31-27-,34-32-,35-33-,39-37-,43-40-,53-49-. The van der Waals surface area contributed by atoms with Crippen LogP contribution in [0.1, 0.15) is 323 Å². The summed E-state index contributed by atoms with van der Waals surface area (Å²) in [4.78, 5) is 72.8. The van der Waals surface area contributed by atoms with Crippen molar-refractivity contribution >= 4 is 39.5 Å². The Morgan fingerprint density at radius 1 is 0.290 bits per heavy atom. The van der Waals surface area contributed by atoms with E-state index in [0.29, 0.717) is 32.1 Å². The molecule has 0 saturated heterocycles. The largest absolute Gasteiger partial charge is 0.472 e. The molecule has 3 N–H and O–H groups in total. The Morgan fingerprint density at radius 3 is 0.880 bits per heavy atom. The molecule has 576 valence electrons. The quantitative estimate of drug-likeness (QED) is 0.0169. The summed E-state index contributed by atoms with van der Waals surface area (Å²) in [5.41, 5.74) is 0. The average Bonchev–Trinajstić information content (AvgIpc) is 0.937. The first kappa shape index (κ1) is 95.7. The molecule has 100 heavy (non-hydrogen) atoms. The van der Waals surface area contributed by atoms with Gasteiger partial charge >= 0.3 is 39.5 Å². The Hall–Kier alpha value is -4.28. The number of unbranched alkanes of at least 4 members (excludes halogenated alkanes) is 29. The van der Waals surface area contributed by atoms with Crippen molar-refractivity contribution in [2.75, 3.05) is 39.6 Å². The van der Waals surface area contributed by atoms with Crippen LogP contribution in [0.25, 0.3) is 0 Å². The number of ether oxygens (including phenoxy) is 4. The number of aliphatic hydroxyl groups excluding tert-OH is 1. The van der Waals surface area contributed by atoms with Crippen LogP contribution in [0.15, 0.2) is 109 Å². The van der Waals surface area contributed by atoms with Gasteiger partial charge in [-0.2, -0.15) is 0 Å². The normalized spacial score (nSPS) is 14.5. The van der Waals surface area contributed by atoms with Crippen LogP contribution in [0, 0.1) is 0 Å². The van der Waals surface area contributed by atoms with Crippen LogP contribution in [0.4, 0.5) is 0 Å². The number of allylic oxidation sites excluding steroid dienone is 18. The van der Waals surface area contributed by atoms with Crippen molar-refractivity contribution in [1.82, 2.24) is 0 Å². The van der Waals surface area contributed by atoms with E-state index in [-0.39, 0.29) is 25.7 Å². The topological polar surface area (TPSA) is 237 Å². The predicted molar refractivity (Wildman–Crippen MR) is 408 cm³/mol. The fourth-order valence-electron chi connectivity index (χ4n) is 10.3. The molecule has 0 rings (SSSR count). The van der Waals surface area contributed by atoms with Crippen molar-refractivity contribution in [3.05, 3.63) is 109 Å². The Kier molecular flexibility index (Phi) is 69.9. The maximum Gasteiger partial charge on any atom is 0.472 e. The van der Waals surface area contributed by atoms with Crippen molar-refractivity contribution in [1.29, 1.82) is 0 Å². The molecular weight excluding hydrogens is 1310 g/mol. The molecule has 0 aromatic carbocycles. The van der Waals surface area contributed by atoms with Crippen LogP contribution < -0.4 is 0 Å². The number of carbonyl (C=O) groups excluding carboxylic acids is 4. The lowest BCUT2D eigenvalue weighted by Crippen LogP contribution is -2.30. The Labute approximate surface area is 607 Å². The highest BCUT2D eigenvalue weighted by atomic mass is 31.2. The molecule has 0 aliphatic rings. The summed E-state index contributed by atoms with van der Waals surface area (Å²) in [5.74, 6) is -2.25. The smallest absolute Gasteiger partial charge is 0.462 e. The third-order valence-electron chi connectivity index (χ3n) is 16.2. The van der Waals surface area contributed by atoms with E-state index in [1.807, 2.05) is 12.2 Å². The van der Waals surface area contributed by atoms with Crippen LogP contribution >= 0.6 is 15.6 Å². The fraction of sp³-hybridized carbons (Fsp3) is 0.728. The van der Waals surface area contributed by atoms with Gasteiger partial charge in [0.05, 0.1) is 26.4 Å². The molecule has 0 heterocycles. The molecule has 0 spiro atoms. The van der Waals surface area contributed by atoms with E-state index >= 15 is 0 Å². The van der Waals surface area contributed by atoms with Crippen LogP contribution in [0.5, 0.6) is 0 Å². The van der Waals surface area contributed by atoms with Crippen LogP contribution in [0.3, 0.4) is 0 Å². The number of carbonyl (C=O) groups is 4. The maximum absolute atomic E-state index is 13.1. The second kappa shape index (κ2) is 73.0. The molecule has 0 aliphatic carbocycles. The highest BCUT2D eigenvalue weighted by Gasteiger charge is 2.30. The third-order valence-corrected chi connectivity index (χ3v) is 18.1. The highest BCUT2D eigenvalue weighted by molar-refractivity contribution is 7.47. The molecule has 17 nitrogen and oxygen atoms in total. The maximum atomic E-state index is 13.1. The summed E-state index contributed by atoms with van der Waals surface area (Å²) >= 11 is 0. The van der Waals surface area contributed by atoms with Gasteiger partial charge < -0.3 is 33.8 Å². The second-order valence-corrected chi connectivity index (χ2v) is 28.8. The Balaban J connectivity index is 5.35. The van der Waals surface area contributed by atoms with E-state index in [4.69, 9.17) is 37.0 Å². The minimum Gasteiger partial charge on any atom is -0.462 e. The Bertz CT molecular complexity index is 2320. The van der Waals surface area contributed by atoms with Crippen LogP contribution in [-0.2, 0) is 65.4 Å². The minimum absolute atomic E-state index is 0.0806. The number of phosphoric acid groups is 2. The molecule has 5 atom stereocenters. The van der Waals surface area contributed by atoms with Crippen molar-refractivity contribution in [2.45, 2.75) is 341 Å². The molecule has 0 aliphatic heterocycles. The molecular formula is C81H140O17P2. The molecule has 0 aromatic rings. The van der Waals surface area contributed by atoms with Crippen molar-refractivity contribution in [3.8, 4) is 0 Å². The first-order valence-corrected chi connectivity index (χ1v) is 42.1. The molecule has 19 heteroatoms. The predicted octanol–water partition coefficient (Wildman–Crippen LogP) is 22.6. The monoisotopic (exact) mass is 1450 g/mol. The van der Waals surface area contributed by atoms with Gasteiger partial charge in [-0.05, 0) is 128 Å². The lowest BCUT2D eigenvalue weighted by molar-refractivity contribution is -0.161. The highest BCUT2D eigenvalue weighted by Crippen LogP contribution is 2.45. The summed E-state index contributed by atoms with van der Waals surface area (Å²) in [6.45, 7) is 4.64. The summed E-state index contributed by atoms with van der Waals surface area (Å²) in [5, 5.41) is 10.6. The van der Waals surface area contributed by atoms with Gasteiger partial charge in [0.2, 0.25) is 0 Å². The lowest BCUT2D eigenvalue weighted by atomic mass is 10.1. The SMILES string of the molecule is CC/C=C\C/C=C\C/C=C\C/C=C\C/C=C\CCCC(=O)OCC(COP(=O)(O)OCC(O)COP(=O)(O)OCC(COC(=O)CCCCCCCC/C=C\C/C=C\C/C=C\CCCCC)OC(=O)CCCCCCC/C=C\CCCCCC)OC(=O)CCCCCCCCCCCCC. The molecule has 0 fully saturated rings. The van der Waals surface area contributed by atoms with E-state index in [2.05, 4.69) is 125 Å². The third kappa shape index (κ3) is 72.1. The number of hydrogen-bond acceptors (Lipinski definition) is 15. The lowest BCUT2D eigenvalue weighted by Gasteiger charge is -2.21. The summed E-state index contributed by atoms with van der Waals surface area (Å²) in [7, 11) is -9.97. The number of aliphatic hydroxyl groups is 1. The van der Waals surface area contributed by atoms with E-state index in [1.165, 1.54) is 83.5 Å². The van der Waals surface area contributed by atoms with E-state index in [9.17, 15) is 43.2 Å². The van der Waals surface area contributed by atoms with Gasteiger partial charge in [0, 0.05) is 25.7 Å². The zero-order valence-electron chi connectivity index (χ0n) is 62.8. The molecule has 0 saturated carbocycles. The Morgan fingerprint density at radius 2 is 0.530 bits per heavy atom. The first-order chi connectivity index (χ1) is 48.7. The minimum atomic E-state index is -4.98.